The van der Waals surface area contributed by atoms with Crippen LogP contribution in [0.5, 0.6) is 0 Å². The van der Waals surface area contributed by atoms with E-state index in [-0.39, 0.29) is 4.84 Å². The summed E-state index contributed by atoms with van der Waals surface area (Å²) in [7, 11) is 0. The summed E-state index contributed by atoms with van der Waals surface area (Å²) >= 11 is 6.07. The Morgan fingerprint density at radius 3 is 2.76 bits per heavy atom. The molecule has 2 heterocycles. The molecule has 17 heavy (non-hydrogen) atoms. The van der Waals surface area contributed by atoms with Crippen LogP contribution in [0.3, 0.4) is 0 Å². The van der Waals surface area contributed by atoms with Gasteiger partial charge in [0.15, 0.2) is 0 Å². The van der Waals surface area contributed by atoms with Crippen molar-refractivity contribution in [3.63, 3.8) is 0 Å². The van der Waals surface area contributed by atoms with Crippen LogP contribution >= 0.6 is 23.8 Å². The average Bonchev–Trinajstić information content (AvgIpc) is 2.98. The summed E-state index contributed by atoms with van der Waals surface area (Å²) in [6, 6.07) is 9.75. The molecule has 2 aromatic heterocycles. The first-order chi connectivity index (χ1) is 8.34. The molecular weight excluding hydrogens is 256 g/mol. The Hall–Kier alpha value is -1.86. The molecule has 1 aromatic carbocycles. The third kappa shape index (κ3) is 1.90. The van der Waals surface area contributed by atoms with Crippen molar-refractivity contribution in [3.8, 4) is 22.0 Å². The van der Waals surface area contributed by atoms with Crippen LogP contribution in [-0.2, 0) is 0 Å². The van der Waals surface area contributed by atoms with Gasteiger partial charge in [-0.15, -0.1) is 10.2 Å². The molecule has 0 aliphatic rings. The molecule has 0 fully saturated rings. The van der Waals surface area contributed by atoms with Gasteiger partial charge in [-0.25, -0.2) is 5.10 Å². The van der Waals surface area contributed by atoms with Crippen molar-refractivity contribution in [1.29, 1.82) is 0 Å². The second-order valence-corrected chi connectivity index (χ2v) is 4.36. The number of rotatable bonds is 2. The molecule has 3 aromatic rings. The van der Waals surface area contributed by atoms with Crippen LogP contribution in [0.4, 0.5) is 0 Å². The molecule has 5 nitrogen and oxygen atoms in total. The molecule has 0 atom stereocenters. The zero-order valence-corrected chi connectivity index (χ0v) is 10.1. The van der Waals surface area contributed by atoms with E-state index in [2.05, 4.69) is 19.8 Å². The van der Waals surface area contributed by atoms with E-state index in [0.29, 0.717) is 5.89 Å². The topological polar surface area (TPSA) is 67.6 Å². The molecule has 7 heteroatoms. The van der Waals surface area contributed by atoms with E-state index in [4.69, 9.17) is 16.6 Å². The van der Waals surface area contributed by atoms with Crippen molar-refractivity contribution in [2.24, 2.45) is 0 Å². The van der Waals surface area contributed by atoms with Crippen molar-refractivity contribution < 1.29 is 4.42 Å². The van der Waals surface area contributed by atoms with Gasteiger partial charge in [0.05, 0.1) is 0 Å². The fourth-order valence-electron chi connectivity index (χ4n) is 1.44. The second kappa shape index (κ2) is 4.19. The summed E-state index contributed by atoms with van der Waals surface area (Å²) < 4.78 is 9.20. The Bertz CT molecular complexity index is 685. The lowest BCUT2D eigenvalue weighted by Crippen LogP contribution is -1.81. The number of hydrogen-bond donors (Lipinski definition) is 1. The van der Waals surface area contributed by atoms with Gasteiger partial charge >= 0.3 is 0 Å². The fourth-order valence-corrected chi connectivity index (χ4v) is 2.18. The molecule has 0 spiro atoms. The Labute approximate surface area is 105 Å². The zero-order valence-electron chi connectivity index (χ0n) is 8.45. The zero-order chi connectivity index (χ0) is 11.7. The molecule has 0 amide bonds. The summed E-state index contributed by atoms with van der Waals surface area (Å²) in [5, 5.41) is 10.7. The molecule has 3 rings (SSSR count). The molecule has 0 aliphatic heterocycles. The van der Waals surface area contributed by atoms with Gasteiger partial charge in [-0.1, -0.05) is 34.8 Å². The summed E-state index contributed by atoms with van der Waals surface area (Å²) in [4.78, 5) is 1.01. The minimum atomic E-state index is 0.243. The van der Waals surface area contributed by atoms with E-state index >= 15 is 0 Å². The number of benzene rings is 1. The Balaban J connectivity index is 2.15. The summed E-state index contributed by atoms with van der Waals surface area (Å²) in [5.41, 5.74) is 1.72. The molecule has 84 valence electrons. The molecule has 0 radical (unpaired) electrons. The van der Waals surface area contributed by atoms with Crippen LogP contribution in [0.2, 0.25) is 0 Å². The summed E-state index contributed by atoms with van der Waals surface area (Å²) in [6.07, 6.45) is 0. The number of H-pyrrole nitrogens is 1. The number of aromatic amines is 1. The first kappa shape index (κ1) is 10.3. The lowest BCUT2D eigenvalue weighted by atomic mass is 10.1. The quantitative estimate of drug-likeness (QED) is 0.719. The first-order valence-electron chi connectivity index (χ1n) is 4.78. The van der Waals surface area contributed by atoms with Crippen molar-refractivity contribution in [1.82, 2.24) is 19.8 Å². The van der Waals surface area contributed by atoms with E-state index in [0.717, 1.165) is 16.1 Å². The molecule has 0 aliphatic carbocycles. The number of nitrogens with one attached hydrogen (secondary N) is 1. The highest BCUT2D eigenvalue weighted by Gasteiger charge is 2.16. The fraction of sp³-hybridized carbons (Fsp3) is 0. The van der Waals surface area contributed by atoms with Crippen molar-refractivity contribution in [2.75, 3.05) is 0 Å². The lowest BCUT2D eigenvalue weighted by Gasteiger charge is -1.96. The predicted molar refractivity (Wildman–Crippen MR) is 66.0 cm³/mol. The van der Waals surface area contributed by atoms with Crippen LogP contribution in [0.25, 0.3) is 22.0 Å². The van der Waals surface area contributed by atoms with E-state index in [1.807, 2.05) is 30.3 Å². The number of aromatic nitrogens is 4. The van der Waals surface area contributed by atoms with Crippen LogP contribution in [0.1, 0.15) is 0 Å². The molecule has 0 unspecified atom stereocenters. The Morgan fingerprint density at radius 1 is 1.24 bits per heavy atom. The monoisotopic (exact) mass is 262 g/mol. The van der Waals surface area contributed by atoms with Gasteiger partial charge in [-0.3, -0.25) is 0 Å². The van der Waals surface area contributed by atoms with E-state index in [1.54, 1.807) is 0 Å². The minimum absolute atomic E-state index is 0.243. The maximum absolute atomic E-state index is 5.27. The predicted octanol–water partition coefficient (Wildman–Crippen LogP) is 2.92. The number of nitrogens with zero attached hydrogens (tertiary/aromatic N) is 3. The smallest absolute Gasteiger partial charge is 0.284 e. The Morgan fingerprint density at radius 2 is 2.06 bits per heavy atom. The number of hydrogen-bond acceptors (Lipinski definition) is 6. The van der Waals surface area contributed by atoms with Crippen molar-refractivity contribution in [3.05, 3.63) is 35.2 Å². The third-order valence-electron chi connectivity index (χ3n) is 2.17. The summed E-state index contributed by atoms with van der Waals surface area (Å²) in [6.45, 7) is 0. The van der Waals surface area contributed by atoms with Crippen LogP contribution < -0.4 is 0 Å². The highest BCUT2D eigenvalue weighted by molar-refractivity contribution is 7.71. The van der Waals surface area contributed by atoms with Crippen molar-refractivity contribution >= 4 is 23.8 Å². The SMILES string of the molecule is S=c1[nH]nc(-c2snnc2-c2ccccc2)o1. The first-order valence-corrected chi connectivity index (χ1v) is 5.96. The average molecular weight is 262 g/mol. The van der Waals surface area contributed by atoms with Gasteiger partial charge in [0.1, 0.15) is 10.6 Å². The van der Waals surface area contributed by atoms with Crippen LogP contribution in [0, 0.1) is 4.84 Å². The van der Waals surface area contributed by atoms with Gasteiger partial charge in [-0.2, -0.15) is 0 Å². The van der Waals surface area contributed by atoms with Crippen LogP contribution in [0.15, 0.2) is 34.7 Å². The maximum atomic E-state index is 5.27. The molecular formula is C10H6N4OS2. The van der Waals surface area contributed by atoms with Gasteiger partial charge in [-0.05, 0) is 23.8 Å². The van der Waals surface area contributed by atoms with Crippen molar-refractivity contribution in [2.45, 2.75) is 0 Å². The van der Waals surface area contributed by atoms with E-state index in [1.165, 1.54) is 11.5 Å². The maximum Gasteiger partial charge on any atom is 0.284 e. The van der Waals surface area contributed by atoms with Gasteiger partial charge in [0, 0.05) is 5.56 Å². The largest absolute Gasteiger partial charge is 0.408 e. The van der Waals surface area contributed by atoms with E-state index < -0.39 is 0 Å². The van der Waals surface area contributed by atoms with Gasteiger partial charge < -0.3 is 4.42 Å². The third-order valence-corrected chi connectivity index (χ3v) is 3.06. The minimum Gasteiger partial charge on any atom is -0.408 e. The normalized spacial score (nSPS) is 10.6. The molecule has 0 bridgehead atoms. The highest BCUT2D eigenvalue weighted by Crippen LogP contribution is 2.31. The van der Waals surface area contributed by atoms with Gasteiger partial charge in [0.2, 0.25) is 0 Å². The second-order valence-electron chi connectivity index (χ2n) is 3.23. The van der Waals surface area contributed by atoms with E-state index in [9.17, 15) is 0 Å². The van der Waals surface area contributed by atoms with Crippen LogP contribution in [-0.4, -0.2) is 19.8 Å². The molecule has 0 saturated carbocycles. The molecule has 1 N–H and O–H groups in total. The lowest BCUT2D eigenvalue weighted by molar-refractivity contribution is 0.553. The molecule has 0 saturated heterocycles. The summed E-state index contributed by atoms with van der Waals surface area (Å²) in [5.74, 6) is 0.420. The standard InChI is InChI=1S/C10H6N4OS2/c16-10-13-12-9(15-10)8-7(11-14-17-8)6-4-2-1-3-5-6/h1-5H,(H,13,16). The van der Waals surface area contributed by atoms with Gasteiger partial charge in [0.25, 0.3) is 10.7 Å². The Kier molecular flexibility index (Phi) is 2.54. The highest BCUT2D eigenvalue weighted by atomic mass is 32.1.